The molecule has 1 saturated heterocycles. The van der Waals surface area contributed by atoms with Gasteiger partial charge in [-0.05, 0) is 61.9 Å². The van der Waals surface area contributed by atoms with E-state index in [1.807, 2.05) is 0 Å². The molecule has 0 aliphatic carbocycles. The van der Waals surface area contributed by atoms with Gasteiger partial charge < -0.3 is 9.64 Å². The van der Waals surface area contributed by atoms with Crippen LogP contribution >= 0.6 is 0 Å². The second-order valence-corrected chi connectivity index (χ2v) is 9.68. The number of unbranched alkanes of at least 4 members (excludes halogenated alkanes) is 1. The van der Waals surface area contributed by atoms with Crippen LogP contribution in [0.3, 0.4) is 0 Å². The van der Waals surface area contributed by atoms with Gasteiger partial charge >= 0.3 is 0 Å². The number of hydrogen-bond acceptors (Lipinski definition) is 2. The maximum absolute atomic E-state index is 5.82. The molecular formula is C20H41NO. The van der Waals surface area contributed by atoms with E-state index in [4.69, 9.17) is 4.74 Å². The van der Waals surface area contributed by atoms with E-state index in [0.717, 1.165) is 25.7 Å². The zero-order valence-electron chi connectivity index (χ0n) is 16.2. The minimum atomic E-state index is 0.470. The van der Waals surface area contributed by atoms with E-state index in [-0.39, 0.29) is 0 Å². The van der Waals surface area contributed by atoms with Crippen LogP contribution in [0.25, 0.3) is 0 Å². The highest BCUT2D eigenvalue weighted by atomic mass is 16.5. The number of rotatable bonds is 8. The lowest BCUT2D eigenvalue weighted by Crippen LogP contribution is -2.37. The van der Waals surface area contributed by atoms with E-state index in [1.165, 1.54) is 51.6 Å². The third kappa shape index (κ3) is 10.6. The lowest BCUT2D eigenvalue weighted by molar-refractivity contribution is 0.0800. The summed E-state index contributed by atoms with van der Waals surface area (Å²) in [5.74, 6) is 0.939. The highest BCUT2D eigenvalue weighted by Gasteiger charge is 2.23. The van der Waals surface area contributed by atoms with Crippen LogP contribution in [0, 0.1) is 16.7 Å². The smallest absolute Gasteiger partial charge is 0.0593 e. The van der Waals surface area contributed by atoms with Crippen molar-refractivity contribution in [3.8, 4) is 0 Å². The molecule has 0 aromatic carbocycles. The normalized spacial score (nSPS) is 18.8. The molecule has 1 fully saturated rings. The van der Waals surface area contributed by atoms with Gasteiger partial charge in [0.15, 0.2) is 0 Å². The third-order valence-corrected chi connectivity index (χ3v) is 4.63. The molecule has 22 heavy (non-hydrogen) atoms. The Labute approximate surface area is 140 Å². The van der Waals surface area contributed by atoms with Crippen molar-refractivity contribution < 1.29 is 4.74 Å². The Morgan fingerprint density at radius 2 is 1.50 bits per heavy atom. The molecule has 0 saturated carbocycles. The summed E-state index contributed by atoms with van der Waals surface area (Å²) in [5.41, 5.74) is 0.959. The van der Waals surface area contributed by atoms with Crippen molar-refractivity contribution in [3.63, 3.8) is 0 Å². The molecule has 0 unspecified atom stereocenters. The molecule has 0 spiro atoms. The molecule has 0 radical (unpaired) electrons. The lowest BCUT2D eigenvalue weighted by atomic mass is 9.80. The lowest BCUT2D eigenvalue weighted by Gasteiger charge is -2.34. The maximum Gasteiger partial charge on any atom is 0.0593 e. The molecule has 0 atom stereocenters. The number of nitrogens with zero attached hydrogens (tertiary/aromatic N) is 1. The van der Waals surface area contributed by atoms with Gasteiger partial charge in [-0.25, -0.2) is 0 Å². The molecule has 0 amide bonds. The molecule has 0 bridgehead atoms. The van der Waals surface area contributed by atoms with E-state index in [0.29, 0.717) is 10.8 Å². The Morgan fingerprint density at radius 1 is 0.864 bits per heavy atom. The van der Waals surface area contributed by atoms with Gasteiger partial charge in [0.05, 0.1) is 6.61 Å². The van der Waals surface area contributed by atoms with Gasteiger partial charge in [0.25, 0.3) is 0 Å². The molecule has 1 rings (SSSR count). The summed E-state index contributed by atoms with van der Waals surface area (Å²) >= 11 is 0. The fourth-order valence-corrected chi connectivity index (χ4v) is 3.44. The average Bonchev–Trinajstić information content (AvgIpc) is 2.36. The van der Waals surface area contributed by atoms with Crippen molar-refractivity contribution in [2.75, 3.05) is 32.8 Å². The van der Waals surface area contributed by atoms with Gasteiger partial charge in [-0.2, -0.15) is 0 Å². The molecule has 2 nitrogen and oxygen atoms in total. The second-order valence-electron chi connectivity index (χ2n) is 9.68. The molecule has 1 aliphatic heterocycles. The molecule has 0 aromatic heterocycles. The number of likely N-dealkylation sites (tertiary alicyclic amines) is 1. The van der Waals surface area contributed by atoms with Gasteiger partial charge in [-0.15, -0.1) is 0 Å². The van der Waals surface area contributed by atoms with Crippen LogP contribution in [0.2, 0.25) is 0 Å². The van der Waals surface area contributed by atoms with E-state index in [1.54, 1.807) is 0 Å². The highest BCUT2D eigenvalue weighted by molar-refractivity contribution is 4.76. The largest absolute Gasteiger partial charge is 0.380 e. The molecule has 1 heterocycles. The van der Waals surface area contributed by atoms with Crippen molar-refractivity contribution in [1.29, 1.82) is 0 Å². The number of hydrogen-bond donors (Lipinski definition) is 0. The van der Waals surface area contributed by atoms with Gasteiger partial charge in [-0.3, -0.25) is 0 Å². The number of piperidine rings is 1. The Balaban J connectivity index is 1.97. The SMILES string of the molecule is CC(C)(C)CCCCOCCN1CCC(CC(C)(C)C)CC1. The first-order valence-electron chi connectivity index (χ1n) is 9.46. The first kappa shape index (κ1) is 20.0. The quantitative estimate of drug-likeness (QED) is 0.559. The predicted molar refractivity (Wildman–Crippen MR) is 97.4 cm³/mol. The van der Waals surface area contributed by atoms with Crippen LogP contribution in [0.5, 0.6) is 0 Å². The topological polar surface area (TPSA) is 12.5 Å². The van der Waals surface area contributed by atoms with E-state index < -0.39 is 0 Å². The molecular weight excluding hydrogens is 270 g/mol. The van der Waals surface area contributed by atoms with Gasteiger partial charge in [0.1, 0.15) is 0 Å². The zero-order chi connectivity index (χ0) is 16.6. The molecule has 0 aromatic rings. The summed E-state index contributed by atoms with van der Waals surface area (Å²) in [7, 11) is 0. The van der Waals surface area contributed by atoms with Crippen LogP contribution in [0.1, 0.15) is 80.1 Å². The average molecular weight is 312 g/mol. The van der Waals surface area contributed by atoms with Crippen LogP contribution < -0.4 is 0 Å². The van der Waals surface area contributed by atoms with Gasteiger partial charge in [0, 0.05) is 13.2 Å². The van der Waals surface area contributed by atoms with Crippen molar-refractivity contribution in [2.24, 2.45) is 16.7 Å². The second kappa shape index (κ2) is 9.27. The summed E-state index contributed by atoms with van der Waals surface area (Å²) < 4.78 is 5.82. The van der Waals surface area contributed by atoms with Crippen LogP contribution in [-0.2, 0) is 4.74 Å². The maximum atomic E-state index is 5.82. The fourth-order valence-electron chi connectivity index (χ4n) is 3.44. The van der Waals surface area contributed by atoms with E-state index >= 15 is 0 Å². The van der Waals surface area contributed by atoms with Gasteiger partial charge in [0.2, 0.25) is 0 Å². The van der Waals surface area contributed by atoms with Crippen molar-refractivity contribution in [2.45, 2.75) is 80.1 Å². The van der Waals surface area contributed by atoms with Crippen molar-refractivity contribution in [1.82, 2.24) is 4.90 Å². The standard InChI is InChI=1S/C20H41NO/c1-19(2,3)11-7-8-15-22-16-14-21-12-9-18(10-13-21)17-20(4,5)6/h18H,7-17H2,1-6H3. The summed E-state index contributed by atoms with van der Waals surface area (Å²) in [5, 5.41) is 0. The Kier molecular flexibility index (Phi) is 8.42. The predicted octanol–water partition coefficient (Wildman–Crippen LogP) is 5.37. The monoisotopic (exact) mass is 311 g/mol. The number of ether oxygens (including phenoxy) is 1. The van der Waals surface area contributed by atoms with Crippen LogP contribution in [0.4, 0.5) is 0 Å². The highest BCUT2D eigenvalue weighted by Crippen LogP contribution is 2.30. The Hall–Kier alpha value is -0.0800. The molecule has 0 N–H and O–H groups in total. The van der Waals surface area contributed by atoms with Crippen molar-refractivity contribution in [3.05, 3.63) is 0 Å². The van der Waals surface area contributed by atoms with Crippen LogP contribution in [-0.4, -0.2) is 37.7 Å². The first-order valence-corrected chi connectivity index (χ1v) is 9.46. The third-order valence-electron chi connectivity index (χ3n) is 4.63. The summed E-state index contributed by atoms with van der Waals surface area (Å²) in [4.78, 5) is 2.59. The summed E-state index contributed by atoms with van der Waals surface area (Å²) in [6, 6.07) is 0. The van der Waals surface area contributed by atoms with E-state index in [2.05, 4.69) is 46.4 Å². The minimum Gasteiger partial charge on any atom is -0.380 e. The molecule has 132 valence electrons. The molecule has 1 aliphatic rings. The summed E-state index contributed by atoms with van der Waals surface area (Å²) in [6.45, 7) is 19.6. The van der Waals surface area contributed by atoms with Gasteiger partial charge in [-0.1, -0.05) is 48.0 Å². The Morgan fingerprint density at radius 3 is 2.05 bits per heavy atom. The van der Waals surface area contributed by atoms with Crippen molar-refractivity contribution >= 4 is 0 Å². The van der Waals surface area contributed by atoms with Crippen LogP contribution in [0.15, 0.2) is 0 Å². The fraction of sp³-hybridized carbons (Fsp3) is 1.00. The molecule has 2 heteroatoms. The summed E-state index contributed by atoms with van der Waals surface area (Å²) in [6.07, 6.45) is 7.95. The minimum absolute atomic E-state index is 0.470. The zero-order valence-corrected chi connectivity index (χ0v) is 16.2. The Bertz CT molecular complexity index is 279. The van der Waals surface area contributed by atoms with E-state index in [9.17, 15) is 0 Å². The first-order chi connectivity index (χ1) is 10.2.